The van der Waals surface area contributed by atoms with Crippen molar-refractivity contribution in [1.29, 1.82) is 0 Å². The molecule has 29 heavy (non-hydrogen) atoms. The number of thiazole rings is 1. The van der Waals surface area contributed by atoms with Crippen LogP contribution in [-0.4, -0.2) is 17.0 Å². The van der Waals surface area contributed by atoms with Crippen LogP contribution >= 0.6 is 22.9 Å². The molecule has 1 aromatic heterocycles. The van der Waals surface area contributed by atoms with Gasteiger partial charge < -0.3 is 15.8 Å². The van der Waals surface area contributed by atoms with Crippen molar-refractivity contribution in [3.05, 3.63) is 80.8 Å². The highest BCUT2D eigenvalue weighted by molar-refractivity contribution is 7.09. The minimum absolute atomic E-state index is 0.138. The molecule has 0 unspecified atom stereocenters. The lowest BCUT2D eigenvalue weighted by atomic mass is 10.2. The van der Waals surface area contributed by atoms with Gasteiger partial charge in [0.25, 0.3) is 5.91 Å². The van der Waals surface area contributed by atoms with Crippen LogP contribution in [0.15, 0.2) is 53.9 Å². The van der Waals surface area contributed by atoms with Gasteiger partial charge in [-0.3, -0.25) is 10.1 Å². The lowest BCUT2D eigenvalue weighted by Gasteiger charge is -2.10. The first kappa shape index (κ1) is 20.8. The van der Waals surface area contributed by atoms with Gasteiger partial charge in [0, 0.05) is 28.2 Å². The number of amides is 2. The summed E-state index contributed by atoms with van der Waals surface area (Å²) in [5, 5.41) is 8.31. The fraction of sp³-hybridized carbons (Fsp3) is 0.150. The third-order valence-corrected chi connectivity index (χ3v) is 4.96. The molecule has 2 aromatic carbocycles. The molecule has 2 amide bonds. The summed E-state index contributed by atoms with van der Waals surface area (Å²) in [5.41, 5.74) is 7.81. The monoisotopic (exact) mass is 430 g/mol. The van der Waals surface area contributed by atoms with Crippen LogP contribution in [0.2, 0.25) is 5.02 Å². The lowest BCUT2D eigenvalue weighted by Crippen LogP contribution is -2.23. The predicted molar refractivity (Wildman–Crippen MR) is 113 cm³/mol. The molecular formula is C20H19ClN4O3S. The molecule has 0 aliphatic carbocycles. The zero-order valence-electron chi connectivity index (χ0n) is 15.4. The Morgan fingerprint density at radius 3 is 2.69 bits per heavy atom. The first-order chi connectivity index (χ1) is 14.0. The van der Waals surface area contributed by atoms with E-state index in [1.165, 1.54) is 29.5 Å². The normalized spacial score (nSPS) is 10.4. The molecule has 0 fully saturated rings. The molecule has 1 heterocycles. The van der Waals surface area contributed by atoms with Crippen LogP contribution in [-0.2, 0) is 24.4 Å². The first-order valence-electron chi connectivity index (χ1n) is 8.73. The number of anilines is 1. The second kappa shape index (κ2) is 10.0. The minimum Gasteiger partial charge on any atom is -0.444 e. The fourth-order valence-electron chi connectivity index (χ4n) is 2.47. The molecule has 3 rings (SSSR count). The first-order valence-corrected chi connectivity index (χ1v) is 9.99. The molecule has 0 aliphatic rings. The van der Waals surface area contributed by atoms with Crippen molar-refractivity contribution in [2.45, 2.75) is 19.7 Å². The molecule has 0 bridgehead atoms. The molecule has 0 spiro atoms. The van der Waals surface area contributed by atoms with Crippen LogP contribution in [0.5, 0.6) is 0 Å². The molecule has 4 N–H and O–H groups in total. The third-order valence-electron chi connectivity index (χ3n) is 3.82. The van der Waals surface area contributed by atoms with E-state index in [4.69, 9.17) is 22.1 Å². The van der Waals surface area contributed by atoms with Gasteiger partial charge in [-0.1, -0.05) is 41.9 Å². The molecule has 9 heteroatoms. The number of nitrogens with one attached hydrogen (secondary N) is 2. The second-order valence-corrected chi connectivity index (χ2v) is 7.41. The van der Waals surface area contributed by atoms with Gasteiger partial charge in [0.1, 0.15) is 11.6 Å². The largest absolute Gasteiger partial charge is 0.444 e. The SMILES string of the molecule is NCc1nc(CNC(=O)c2cc(Cl)cc(NC(=O)OCc3ccccc3)c2)cs1. The van der Waals surface area contributed by atoms with Crippen molar-refractivity contribution in [3.63, 3.8) is 0 Å². The van der Waals surface area contributed by atoms with Gasteiger partial charge in [0.05, 0.1) is 12.2 Å². The zero-order valence-corrected chi connectivity index (χ0v) is 16.9. The van der Waals surface area contributed by atoms with Gasteiger partial charge in [0.15, 0.2) is 0 Å². The van der Waals surface area contributed by atoms with Gasteiger partial charge in [0.2, 0.25) is 0 Å². The van der Waals surface area contributed by atoms with Gasteiger partial charge in [-0.05, 0) is 23.8 Å². The van der Waals surface area contributed by atoms with Crippen molar-refractivity contribution < 1.29 is 14.3 Å². The Morgan fingerprint density at radius 1 is 1.17 bits per heavy atom. The van der Waals surface area contributed by atoms with E-state index in [2.05, 4.69) is 15.6 Å². The van der Waals surface area contributed by atoms with E-state index in [0.717, 1.165) is 16.3 Å². The highest BCUT2D eigenvalue weighted by Crippen LogP contribution is 2.20. The molecule has 150 valence electrons. The molecule has 0 aliphatic heterocycles. The fourth-order valence-corrected chi connectivity index (χ4v) is 3.38. The summed E-state index contributed by atoms with van der Waals surface area (Å²) in [6.07, 6.45) is -0.640. The van der Waals surface area contributed by atoms with Crippen molar-refractivity contribution in [1.82, 2.24) is 10.3 Å². The number of hydrogen-bond acceptors (Lipinski definition) is 6. The van der Waals surface area contributed by atoms with Crippen molar-refractivity contribution in [3.8, 4) is 0 Å². The number of aromatic nitrogens is 1. The topological polar surface area (TPSA) is 106 Å². The zero-order chi connectivity index (χ0) is 20.6. The third kappa shape index (κ3) is 6.28. The Labute approximate surface area is 176 Å². The molecule has 0 radical (unpaired) electrons. The Hall–Kier alpha value is -2.94. The average Bonchev–Trinajstić information content (AvgIpc) is 3.19. The maximum Gasteiger partial charge on any atom is 0.411 e. The van der Waals surface area contributed by atoms with E-state index in [0.29, 0.717) is 22.8 Å². The minimum atomic E-state index is -0.640. The second-order valence-electron chi connectivity index (χ2n) is 6.03. The van der Waals surface area contributed by atoms with Crippen LogP contribution in [0, 0.1) is 0 Å². The van der Waals surface area contributed by atoms with Gasteiger partial charge in [-0.15, -0.1) is 11.3 Å². The van der Waals surface area contributed by atoms with Crippen LogP contribution < -0.4 is 16.4 Å². The van der Waals surface area contributed by atoms with Gasteiger partial charge >= 0.3 is 6.09 Å². The Kier molecular flexibility index (Phi) is 7.18. The standard InChI is InChI=1S/C20H19ClN4O3S/c21-15-6-14(19(26)23-10-17-12-29-18(9-22)24-17)7-16(8-15)25-20(27)28-11-13-4-2-1-3-5-13/h1-8,12H,9-11,22H2,(H,23,26)(H,25,27). The summed E-state index contributed by atoms with van der Waals surface area (Å²) < 4.78 is 5.18. The van der Waals surface area contributed by atoms with Crippen LogP contribution in [0.25, 0.3) is 0 Å². The lowest BCUT2D eigenvalue weighted by molar-refractivity contribution is 0.0950. The maximum atomic E-state index is 12.4. The van der Waals surface area contributed by atoms with E-state index in [9.17, 15) is 9.59 Å². The maximum absolute atomic E-state index is 12.4. The van der Waals surface area contributed by atoms with E-state index < -0.39 is 6.09 Å². The predicted octanol–water partition coefficient (Wildman–Crippen LogP) is 3.93. The van der Waals surface area contributed by atoms with Crippen molar-refractivity contribution in [2.75, 3.05) is 5.32 Å². The Balaban J connectivity index is 1.58. The number of hydrogen-bond donors (Lipinski definition) is 3. The highest BCUT2D eigenvalue weighted by Gasteiger charge is 2.11. The number of benzene rings is 2. The number of carbonyl (C=O) groups is 2. The molecule has 3 aromatic rings. The van der Waals surface area contributed by atoms with Crippen molar-refractivity contribution in [2.24, 2.45) is 5.73 Å². The van der Waals surface area contributed by atoms with Gasteiger partial charge in [-0.25, -0.2) is 9.78 Å². The molecule has 0 saturated heterocycles. The number of carbonyl (C=O) groups excluding carboxylic acids is 2. The average molecular weight is 431 g/mol. The number of rotatable bonds is 7. The molecule has 0 saturated carbocycles. The number of halogens is 1. The van der Waals surface area contributed by atoms with Crippen LogP contribution in [0.1, 0.15) is 26.6 Å². The van der Waals surface area contributed by atoms with E-state index in [1.807, 2.05) is 35.7 Å². The molecular weight excluding hydrogens is 412 g/mol. The highest BCUT2D eigenvalue weighted by atomic mass is 35.5. The van der Waals surface area contributed by atoms with Crippen LogP contribution in [0.4, 0.5) is 10.5 Å². The summed E-state index contributed by atoms with van der Waals surface area (Å²) in [7, 11) is 0. The Bertz CT molecular complexity index is 994. The Morgan fingerprint density at radius 2 is 1.97 bits per heavy atom. The number of nitrogens with two attached hydrogens (primary N) is 1. The summed E-state index contributed by atoms with van der Waals surface area (Å²) in [6, 6.07) is 13.9. The summed E-state index contributed by atoms with van der Waals surface area (Å²) in [6.45, 7) is 0.769. The van der Waals surface area contributed by atoms with E-state index in [1.54, 1.807) is 0 Å². The van der Waals surface area contributed by atoms with Gasteiger partial charge in [-0.2, -0.15) is 0 Å². The smallest absolute Gasteiger partial charge is 0.411 e. The quantitative estimate of drug-likeness (QED) is 0.526. The summed E-state index contributed by atoms with van der Waals surface area (Å²) >= 11 is 7.53. The van der Waals surface area contributed by atoms with Crippen LogP contribution in [0.3, 0.4) is 0 Å². The number of nitrogens with zero attached hydrogens (tertiary/aromatic N) is 1. The summed E-state index contributed by atoms with van der Waals surface area (Å²) in [5.74, 6) is -0.337. The van der Waals surface area contributed by atoms with E-state index >= 15 is 0 Å². The molecule has 7 nitrogen and oxygen atoms in total. The van der Waals surface area contributed by atoms with E-state index in [-0.39, 0.29) is 19.1 Å². The summed E-state index contributed by atoms with van der Waals surface area (Å²) in [4.78, 5) is 28.8. The van der Waals surface area contributed by atoms with Crippen molar-refractivity contribution >= 4 is 40.6 Å². The number of ether oxygens (including phenoxy) is 1. The molecule has 0 atom stereocenters.